The van der Waals surface area contributed by atoms with Crippen LogP contribution in [0.15, 0.2) is 78.9 Å². The van der Waals surface area contributed by atoms with Crippen molar-refractivity contribution in [3.8, 4) is 11.1 Å². The number of carbonyl (C=O) groups excluding carboxylic acids is 1. The van der Waals surface area contributed by atoms with Crippen LogP contribution in [-0.4, -0.2) is 17.0 Å². The Hall–Kier alpha value is -3.44. The van der Waals surface area contributed by atoms with Crippen LogP contribution in [0.2, 0.25) is 0 Å². The van der Waals surface area contributed by atoms with E-state index in [1.807, 2.05) is 78.9 Å². The molecule has 1 aliphatic carbocycles. The molecule has 3 aromatic carbocycles. The Morgan fingerprint density at radius 2 is 1.32 bits per heavy atom. The highest BCUT2D eigenvalue weighted by Gasteiger charge is 2.45. The van der Waals surface area contributed by atoms with Crippen LogP contribution in [0.3, 0.4) is 0 Å². The summed E-state index contributed by atoms with van der Waals surface area (Å²) in [6.45, 7) is 0. The summed E-state index contributed by atoms with van der Waals surface area (Å²) in [6, 6.07) is 25.8. The molecule has 0 bridgehead atoms. The van der Waals surface area contributed by atoms with Gasteiger partial charge in [-0.25, -0.2) is 0 Å². The minimum Gasteiger partial charge on any atom is -0.481 e. The molecule has 3 aromatic rings. The highest BCUT2D eigenvalue weighted by molar-refractivity contribution is 5.83. The Labute approximate surface area is 162 Å². The van der Waals surface area contributed by atoms with Crippen LogP contribution in [-0.2, 0) is 20.0 Å². The fourth-order valence-corrected chi connectivity index (χ4v) is 3.80. The van der Waals surface area contributed by atoms with Gasteiger partial charge < -0.3 is 9.94 Å². The fourth-order valence-electron chi connectivity index (χ4n) is 3.80. The van der Waals surface area contributed by atoms with Gasteiger partial charge in [0.05, 0.1) is 12.8 Å². The third kappa shape index (κ3) is 2.96. The number of hydroxylamine groups is 1. The van der Waals surface area contributed by atoms with Crippen LogP contribution in [0.4, 0.5) is 0 Å². The molecule has 0 fully saturated rings. The van der Waals surface area contributed by atoms with E-state index in [1.165, 1.54) is 0 Å². The molecular weight excluding hydrogens is 354 g/mol. The largest absolute Gasteiger partial charge is 0.481 e. The summed E-state index contributed by atoms with van der Waals surface area (Å²) in [6.07, 6.45) is -0.470. The van der Waals surface area contributed by atoms with Crippen molar-refractivity contribution in [3.05, 3.63) is 95.6 Å². The number of carbonyl (C=O) groups is 2. The van der Waals surface area contributed by atoms with Crippen molar-refractivity contribution in [1.29, 1.82) is 0 Å². The van der Waals surface area contributed by atoms with Gasteiger partial charge in [0, 0.05) is 0 Å². The summed E-state index contributed by atoms with van der Waals surface area (Å²) < 4.78 is 0. The van der Waals surface area contributed by atoms with Crippen molar-refractivity contribution >= 4 is 11.9 Å². The molecule has 0 amide bonds. The molecule has 1 aliphatic rings. The average molecular weight is 373 g/mol. The number of benzene rings is 3. The maximum Gasteiger partial charge on any atom is 0.325 e. The molecule has 28 heavy (non-hydrogen) atoms. The molecule has 0 aromatic heterocycles. The highest BCUT2D eigenvalue weighted by atomic mass is 16.7. The van der Waals surface area contributed by atoms with Gasteiger partial charge in [0.25, 0.3) is 0 Å². The first-order valence-corrected chi connectivity index (χ1v) is 9.06. The molecule has 4 rings (SSSR count). The zero-order valence-corrected chi connectivity index (χ0v) is 15.1. The van der Waals surface area contributed by atoms with Gasteiger partial charge in [-0.05, 0) is 27.8 Å². The van der Waals surface area contributed by atoms with E-state index in [1.54, 1.807) is 0 Å². The third-order valence-electron chi connectivity index (χ3n) is 5.02. The number of hydrogen-bond acceptors (Lipinski definition) is 4. The summed E-state index contributed by atoms with van der Waals surface area (Å²) in [5.41, 5.74) is 7.16. The van der Waals surface area contributed by atoms with E-state index < -0.39 is 17.5 Å². The summed E-state index contributed by atoms with van der Waals surface area (Å²) in [4.78, 5) is 28.3. The van der Waals surface area contributed by atoms with Gasteiger partial charge in [-0.2, -0.15) is 0 Å². The lowest BCUT2D eigenvalue weighted by Gasteiger charge is -2.32. The average Bonchev–Trinajstić information content (AvgIpc) is 3.02. The maximum absolute atomic E-state index is 12.2. The first kappa shape index (κ1) is 17.9. The quantitative estimate of drug-likeness (QED) is 0.642. The van der Waals surface area contributed by atoms with Crippen LogP contribution < -0.4 is 5.48 Å². The summed E-state index contributed by atoms with van der Waals surface area (Å²) in [5.74, 6) is -1.65. The molecule has 5 heteroatoms. The topological polar surface area (TPSA) is 75.6 Å². The van der Waals surface area contributed by atoms with E-state index >= 15 is 0 Å². The number of aliphatic carboxylic acids is 1. The molecular formula is C23H19NO4. The van der Waals surface area contributed by atoms with Gasteiger partial charge in [0.2, 0.25) is 0 Å². The van der Waals surface area contributed by atoms with Crippen LogP contribution in [0.5, 0.6) is 0 Å². The van der Waals surface area contributed by atoms with E-state index in [0.29, 0.717) is 0 Å². The van der Waals surface area contributed by atoms with E-state index in [2.05, 4.69) is 5.48 Å². The van der Waals surface area contributed by atoms with Crippen LogP contribution in [0.25, 0.3) is 11.1 Å². The predicted molar refractivity (Wildman–Crippen MR) is 104 cm³/mol. The molecule has 0 heterocycles. The van der Waals surface area contributed by atoms with E-state index in [-0.39, 0.29) is 12.8 Å². The van der Waals surface area contributed by atoms with Crippen LogP contribution in [0.1, 0.15) is 29.5 Å². The second-order valence-corrected chi connectivity index (χ2v) is 6.68. The molecule has 0 radical (unpaired) electrons. The lowest BCUT2D eigenvalue weighted by molar-refractivity contribution is -0.156. The first-order valence-electron chi connectivity index (χ1n) is 9.06. The third-order valence-corrected chi connectivity index (χ3v) is 5.02. The number of carboxylic acids is 1. The minimum absolute atomic E-state index is 0.198. The Morgan fingerprint density at radius 3 is 1.89 bits per heavy atom. The second kappa shape index (κ2) is 7.29. The number of nitrogens with one attached hydrogen (secondary N) is 1. The van der Waals surface area contributed by atoms with Crippen LogP contribution >= 0.6 is 0 Å². The van der Waals surface area contributed by atoms with Gasteiger partial charge in [0.15, 0.2) is 0 Å². The normalized spacial score (nSPS) is 13.4. The minimum atomic E-state index is -1.04. The zero-order valence-electron chi connectivity index (χ0n) is 15.1. The summed E-state index contributed by atoms with van der Waals surface area (Å²) in [7, 11) is 0. The van der Waals surface area contributed by atoms with Crippen molar-refractivity contribution in [2.24, 2.45) is 0 Å². The SMILES string of the molecule is O=C(O)CCC(=O)ONC1(c2ccccc2)c2ccccc2-c2ccccc21. The Bertz CT molecular complexity index is 984. The van der Waals surface area contributed by atoms with Gasteiger partial charge in [-0.1, -0.05) is 78.9 Å². The van der Waals surface area contributed by atoms with Gasteiger partial charge >= 0.3 is 11.9 Å². The van der Waals surface area contributed by atoms with Gasteiger partial charge in [-0.3, -0.25) is 9.59 Å². The van der Waals surface area contributed by atoms with Crippen molar-refractivity contribution in [2.45, 2.75) is 18.4 Å². The Morgan fingerprint density at radius 1 is 0.786 bits per heavy atom. The van der Waals surface area contributed by atoms with E-state index in [0.717, 1.165) is 27.8 Å². The smallest absolute Gasteiger partial charge is 0.325 e. The molecule has 2 N–H and O–H groups in total. The molecule has 0 unspecified atom stereocenters. The fraction of sp³-hybridized carbons (Fsp3) is 0.130. The maximum atomic E-state index is 12.2. The summed E-state index contributed by atoms with van der Waals surface area (Å²) >= 11 is 0. The van der Waals surface area contributed by atoms with E-state index in [4.69, 9.17) is 9.94 Å². The Kier molecular flexibility index (Phi) is 4.67. The lowest BCUT2D eigenvalue weighted by atomic mass is 9.81. The predicted octanol–water partition coefficient (Wildman–Crippen LogP) is 3.87. The van der Waals surface area contributed by atoms with Crippen molar-refractivity contribution in [2.75, 3.05) is 0 Å². The molecule has 140 valence electrons. The van der Waals surface area contributed by atoms with Crippen molar-refractivity contribution < 1.29 is 19.5 Å². The number of fused-ring (bicyclic) bond motifs is 3. The Balaban J connectivity index is 1.81. The van der Waals surface area contributed by atoms with Gasteiger partial charge in [0.1, 0.15) is 5.54 Å². The highest BCUT2D eigenvalue weighted by Crippen LogP contribution is 2.50. The molecule has 0 saturated heterocycles. The zero-order chi connectivity index (χ0) is 19.6. The number of carboxylic acid groups (broad SMARTS) is 1. The number of rotatable bonds is 6. The van der Waals surface area contributed by atoms with Crippen LogP contribution in [0, 0.1) is 0 Å². The standard InChI is InChI=1S/C23H19NO4/c25-21(26)14-15-22(27)28-24-23(16-8-2-1-3-9-16)19-12-6-4-10-17(19)18-11-5-7-13-20(18)23/h1-13,24H,14-15H2,(H,25,26). The number of hydrogen-bond donors (Lipinski definition) is 2. The first-order chi connectivity index (χ1) is 13.6. The molecule has 0 aliphatic heterocycles. The lowest BCUT2D eigenvalue weighted by Crippen LogP contribution is -2.44. The molecule has 0 spiro atoms. The second-order valence-electron chi connectivity index (χ2n) is 6.68. The molecule has 0 saturated carbocycles. The van der Waals surface area contributed by atoms with Crippen molar-refractivity contribution in [1.82, 2.24) is 5.48 Å². The van der Waals surface area contributed by atoms with E-state index in [9.17, 15) is 9.59 Å². The van der Waals surface area contributed by atoms with Gasteiger partial charge in [-0.15, -0.1) is 5.48 Å². The molecule has 0 atom stereocenters. The monoisotopic (exact) mass is 373 g/mol. The van der Waals surface area contributed by atoms with Crippen molar-refractivity contribution in [3.63, 3.8) is 0 Å². The molecule has 5 nitrogen and oxygen atoms in total. The summed E-state index contributed by atoms with van der Waals surface area (Å²) in [5, 5.41) is 8.80.